The number of phenols is 1. The molecule has 0 aromatic heterocycles. The van der Waals surface area contributed by atoms with Crippen LogP contribution in [0.15, 0.2) is 46.5 Å². The van der Waals surface area contributed by atoms with Crippen molar-refractivity contribution in [1.82, 2.24) is 5.43 Å². The number of nitrogens with zero attached hydrogens (tertiary/aromatic N) is 2. The van der Waals surface area contributed by atoms with Gasteiger partial charge in [-0.25, -0.2) is 4.99 Å². The minimum Gasteiger partial charge on any atom is -0.508 e. The van der Waals surface area contributed by atoms with Gasteiger partial charge in [0.1, 0.15) is 11.8 Å². The van der Waals surface area contributed by atoms with Gasteiger partial charge in [-0.3, -0.25) is 5.43 Å². The smallest absolute Gasteiger partial charge is 0.177 e. The minimum atomic E-state index is -0.255. The molecule has 1 heterocycles. The number of hydrogen-bond donors (Lipinski definition) is 2. The van der Waals surface area contributed by atoms with Crippen LogP contribution < -0.4 is 5.43 Å². The van der Waals surface area contributed by atoms with Crippen LogP contribution in [0, 0.1) is 0 Å². The first-order chi connectivity index (χ1) is 9.29. The zero-order valence-electron chi connectivity index (χ0n) is 10.4. The van der Waals surface area contributed by atoms with Crippen molar-refractivity contribution >= 4 is 33.9 Å². The monoisotopic (exact) mass is 271 g/mol. The van der Waals surface area contributed by atoms with E-state index in [9.17, 15) is 5.11 Å². The third-order valence-electron chi connectivity index (χ3n) is 3.07. The first-order valence-corrected chi connectivity index (χ1v) is 7.13. The Morgan fingerprint density at radius 2 is 2.05 bits per heavy atom. The van der Waals surface area contributed by atoms with Crippen molar-refractivity contribution in [3.05, 3.63) is 42.0 Å². The molecule has 0 bridgehead atoms. The summed E-state index contributed by atoms with van der Waals surface area (Å²) in [5.41, 5.74) is 3.64. The second-order valence-electron chi connectivity index (χ2n) is 4.19. The summed E-state index contributed by atoms with van der Waals surface area (Å²) in [5.74, 6) is 0.251. The summed E-state index contributed by atoms with van der Waals surface area (Å²) in [6.45, 7) is 0. The molecule has 2 N–H and O–H groups in total. The van der Waals surface area contributed by atoms with Crippen LogP contribution in [0.5, 0.6) is 5.75 Å². The number of aliphatic imine (C=N–C) groups is 1. The Morgan fingerprint density at radius 3 is 2.89 bits per heavy atom. The number of rotatable bonds is 1. The fourth-order valence-electron chi connectivity index (χ4n) is 2.18. The van der Waals surface area contributed by atoms with Gasteiger partial charge >= 0.3 is 0 Å². The van der Waals surface area contributed by atoms with E-state index in [1.165, 1.54) is 11.8 Å². The quantitative estimate of drug-likeness (QED) is 0.838. The second-order valence-corrected chi connectivity index (χ2v) is 4.99. The highest BCUT2D eigenvalue weighted by Gasteiger charge is 2.19. The summed E-state index contributed by atoms with van der Waals surface area (Å²) in [5, 5.41) is 17.1. The standard InChI is InChI=1S/C14H13N3OS/c1-19-14-16-11(8-15-17-14)13-10-5-3-2-4-9(10)6-7-12(13)18/h2-8,11,18H,1H3,(H,16,17). The van der Waals surface area contributed by atoms with Crippen molar-refractivity contribution in [3.8, 4) is 5.75 Å². The molecule has 0 saturated heterocycles. The molecular formula is C14H13N3OS. The zero-order valence-corrected chi connectivity index (χ0v) is 11.2. The number of thioether (sulfide) groups is 1. The summed E-state index contributed by atoms with van der Waals surface area (Å²) in [7, 11) is 0. The SMILES string of the molecule is CSC1=NC(c2c(O)ccc3ccccc23)C=NN1. The maximum Gasteiger partial charge on any atom is 0.177 e. The van der Waals surface area contributed by atoms with Gasteiger partial charge in [-0.05, 0) is 23.1 Å². The molecule has 3 rings (SSSR count). The number of amidine groups is 1. The van der Waals surface area contributed by atoms with Crippen LogP contribution in [0.3, 0.4) is 0 Å². The Bertz CT molecular complexity index is 681. The van der Waals surface area contributed by atoms with Crippen LogP contribution >= 0.6 is 11.8 Å². The largest absolute Gasteiger partial charge is 0.508 e. The van der Waals surface area contributed by atoms with Crippen molar-refractivity contribution < 1.29 is 5.11 Å². The van der Waals surface area contributed by atoms with Crippen LogP contribution in [0.2, 0.25) is 0 Å². The number of benzene rings is 2. The van der Waals surface area contributed by atoms with Crippen molar-refractivity contribution in [3.63, 3.8) is 0 Å². The van der Waals surface area contributed by atoms with E-state index in [1.807, 2.05) is 36.6 Å². The summed E-state index contributed by atoms with van der Waals surface area (Å²) in [4.78, 5) is 4.54. The second kappa shape index (κ2) is 4.93. The van der Waals surface area contributed by atoms with Gasteiger partial charge in [0.05, 0.1) is 6.21 Å². The van der Waals surface area contributed by atoms with Gasteiger partial charge < -0.3 is 5.11 Å². The molecule has 0 spiro atoms. The number of aromatic hydroxyl groups is 1. The lowest BCUT2D eigenvalue weighted by atomic mass is 9.98. The Labute approximate surface area is 115 Å². The average Bonchev–Trinajstić information content (AvgIpc) is 2.47. The summed E-state index contributed by atoms with van der Waals surface area (Å²) < 4.78 is 0. The Kier molecular flexibility index (Phi) is 3.13. The summed E-state index contributed by atoms with van der Waals surface area (Å²) in [6, 6.07) is 11.3. The van der Waals surface area contributed by atoms with Gasteiger partial charge in [0.15, 0.2) is 5.17 Å². The fourth-order valence-corrected chi connectivity index (χ4v) is 2.55. The van der Waals surface area contributed by atoms with E-state index in [1.54, 1.807) is 12.3 Å². The Morgan fingerprint density at radius 1 is 1.21 bits per heavy atom. The van der Waals surface area contributed by atoms with E-state index in [-0.39, 0.29) is 11.8 Å². The predicted molar refractivity (Wildman–Crippen MR) is 80.9 cm³/mol. The molecule has 4 nitrogen and oxygen atoms in total. The van der Waals surface area contributed by atoms with Gasteiger partial charge in [-0.1, -0.05) is 42.1 Å². The molecule has 1 aliphatic rings. The van der Waals surface area contributed by atoms with Crippen molar-refractivity contribution in [1.29, 1.82) is 0 Å². The average molecular weight is 271 g/mol. The molecule has 0 fully saturated rings. The Hall–Kier alpha value is -2.01. The van der Waals surface area contributed by atoms with Crippen LogP contribution in [-0.4, -0.2) is 22.7 Å². The van der Waals surface area contributed by atoms with E-state index < -0.39 is 0 Å². The minimum absolute atomic E-state index is 0.251. The molecule has 0 amide bonds. The van der Waals surface area contributed by atoms with E-state index in [2.05, 4.69) is 15.5 Å². The molecule has 2 aromatic rings. The summed E-state index contributed by atoms with van der Waals surface area (Å²) in [6.07, 6.45) is 3.65. The highest BCUT2D eigenvalue weighted by molar-refractivity contribution is 8.13. The van der Waals surface area contributed by atoms with Crippen LogP contribution in [-0.2, 0) is 0 Å². The van der Waals surface area contributed by atoms with E-state index in [0.29, 0.717) is 0 Å². The highest BCUT2D eigenvalue weighted by atomic mass is 32.2. The van der Waals surface area contributed by atoms with E-state index in [4.69, 9.17) is 0 Å². The van der Waals surface area contributed by atoms with Crippen LogP contribution in [0.25, 0.3) is 10.8 Å². The fraction of sp³-hybridized carbons (Fsp3) is 0.143. The lowest BCUT2D eigenvalue weighted by Crippen LogP contribution is -2.20. The first-order valence-electron chi connectivity index (χ1n) is 5.91. The van der Waals surface area contributed by atoms with Gasteiger partial charge in [0, 0.05) is 5.56 Å². The lowest BCUT2D eigenvalue weighted by molar-refractivity contribution is 0.468. The van der Waals surface area contributed by atoms with E-state index >= 15 is 0 Å². The third kappa shape index (κ3) is 2.17. The van der Waals surface area contributed by atoms with Crippen molar-refractivity contribution in [2.45, 2.75) is 6.04 Å². The molecular weight excluding hydrogens is 258 g/mol. The number of nitrogens with one attached hydrogen (secondary N) is 1. The number of fused-ring (bicyclic) bond motifs is 1. The van der Waals surface area contributed by atoms with Gasteiger partial charge in [0.2, 0.25) is 0 Å². The number of hydrogen-bond acceptors (Lipinski definition) is 5. The van der Waals surface area contributed by atoms with Gasteiger partial charge in [0.25, 0.3) is 0 Å². The Balaban J connectivity index is 2.19. The molecule has 1 aliphatic heterocycles. The highest BCUT2D eigenvalue weighted by Crippen LogP contribution is 2.34. The molecule has 1 atom stereocenters. The molecule has 0 radical (unpaired) electrons. The van der Waals surface area contributed by atoms with Gasteiger partial charge in [-0.2, -0.15) is 5.10 Å². The molecule has 5 heteroatoms. The molecule has 19 heavy (non-hydrogen) atoms. The van der Waals surface area contributed by atoms with Crippen molar-refractivity contribution in [2.24, 2.45) is 10.1 Å². The maximum atomic E-state index is 10.2. The van der Waals surface area contributed by atoms with Crippen molar-refractivity contribution in [2.75, 3.05) is 6.26 Å². The lowest BCUT2D eigenvalue weighted by Gasteiger charge is -2.17. The van der Waals surface area contributed by atoms with E-state index in [0.717, 1.165) is 21.5 Å². The zero-order chi connectivity index (χ0) is 13.2. The predicted octanol–water partition coefficient (Wildman–Crippen LogP) is 2.89. The first kappa shape index (κ1) is 12.0. The summed E-state index contributed by atoms with van der Waals surface area (Å²) >= 11 is 1.50. The van der Waals surface area contributed by atoms with Crippen LogP contribution in [0.4, 0.5) is 0 Å². The van der Waals surface area contributed by atoms with Crippen LogP contribution in [0.1, 0.15) is 11.6 Å². The maximum absolute atomic E-state index is 10.2. The number of hydrazone groups is 1. The molecule has 96 valence electrons. The van der Waals surface area contributed by atoms with Gasteiger partial charge in [-0.15, -0.1) is 0 Å². The molecule has 0 saturated carbocycles. The molecule has 2 aromatic carbocycles. The topological polar surface area (TPSA) is 57.0 Å². The molecule has 1 unspecified atom stereocenters. The normalized spacial score (nSPS) is 18.2. The third-order valence-corrected chi connectivity index (χ3v) is 3.65. The molecule has 0 aliphatic carbocycles. The number of phenolic OH excluding ortho intramolecular Hbond substituents is 1.